The highest BCUT2D eigenvalue weighted by Gasteiger charge is 2.31. The maximum absolute atomic E-state index is 12.9. The number of piperazine rings is 1. The highest BCUT2D eigenvalue weighted by atomic mass is 19.4. The standard InChI is InChI=1S/C18H18F3N3O3/c19-18(20,21)14-2-1-3-15(11-14)23-8-6-22(7-9-23)12-13-10-16(24(26)27)4-5-17(13)25/h1-5,10-11,25H,6-9,12H2. The third-order valence-corrected chi connectivity index (χ3v) is 4.58. The molecule has 0 saturated carbocycles. The Hall–Kier alpha value is -2.81. The van der Waals surface area contributed by atoms with Crippen molar-refractivity contribution < 1.29 is 23.2 Å². The van der Waals surface area contributed by atoms with Crippen LogP contribution in [0.2, 0.25) is 0 Å². The molecular weight excluding hydrogens is 363 g/mol. The van der Waals surface area contributed by atoms with Gasteiger partial charge in [-0.1, -0.05) is 6.07 Å². The maximum atomic E-state index is 12.9. The smallest absolute Gasteiger partial charge is 0.416 e. The predicted octanol–water partition coefficient (Wildman–Crippen LogP) is 3.64. The number of benzene rings is 2. The van der Waals surface area contributed by atoms with Gasteiger partial charge in [-0.05, 0) is 24.3 Å². The number of hydrogen-bond donors (Lipinski definition) is 1. The zero-order chi connectivity index (χ0) is 19.6. The van der Waals surface area contributed by atoms with Gasteiger partial charge in [-0.15, -0.1) is 0 Å². The van der Waals surface area contributed by atoms with Crippen LogP contribution in [0.25, 0.3) is 0 Å². The molecule has 1 heterocycles. The Kier molecular flexibility index (Phi) is 5.22. The molecule has 1 fully saturated rings. The summed E-state index contributed by atoms with van der Waals surface area (Å²) >= 11 is 0. The Morgan fingerprint density at radius 1 is 1.07 bits per heavy atom. The molecule has 0 spiro atoms. The fourth-order valence-electron chi connectivity index (χ4n) is 3.10. The van der Waals surface area contributed by atoms with Crippen LogP contribution in [0.1, 0.15) is 11.1 Å². The molecule has 0 atom stereocenters. The second-order valence-corrected chi connectivity index (χ2v) is 6.38. The SMILES string of the molecule is O=[N+]([O-])c1ccc(O)c(CN2CCN(c3cccc(C(F)(F)F)c3)CC2)c1. The number of nitro groups is 1. The first-order valence-electron chi connectivity index (χ1n) is 8.35. The van der Waals surface area contributed by atoms with Gasteiger partial charge < -0.3 is 10.0 Å². The van der Waals surface area contributed by atoms with E-state index in [0.717, 1.165) is 12.1 Å². The summed E-state index contributed by atoms with van der Waals surface area (Å²) in [5.41, 5.74) is 0.203. The number of aromatic hydroxyl groups is 1. The Morgan fingerprint density at radius 3 is 2.41 bits per heavy atom. The minimum absolute atomic E-state index is 0.0130. The molecule has 1 N–H and O–H groups in total. The van der Waals surface area contributed by atoms with E-state index in [1.807, 2.05) is 9.80 Å². The first kappa shape index (κ1) is 19.0. The van der Waals surface area contributed by atoms with E-state index in [-0.39, 0.29) is 11.4 Å². The molecule has 2 aromatic carbocycles. The van der Waals surface area contributed by atoms with Gasteiger partial charge in [-0.25, -0.2) is 0 Å². The molecule has 6 nitrogen and oxygen atoms in total. The molecule has 144 valence electrons. The van der Waals surface area contributed by atoms with Gasteiger partial charge in [-0.3, -0.25) is 15.0 Å². The van der Waals surface area contributed by atoms with Gasteiger partial charge in [0.05, 0.1) is 10.5 Å². The highest BCUT2D eigenvalue weighted by Crippen LogP contribution is 2.32. The van der Waals surface area contributed by atoms with E-state index >= 15 is 0 Å². The van der Waals surface area contributed by atoms with Crippen molar-refractivity contribution in [1.82, 2.24) is 4.90 Å². The molecule has 2 aromatic rings. The predicted molar refractivity (Wildman–Crippen MR) is 93.7 cm³/mol. The molecule has 9 heteroatoms. The van der Waals surface area contributed by atoms with Crippen molar-refractivity contribution in [2.24, 2.45) is 0 Å². The Balaban J connectivity index is 1.65. The van der Waals surface area contributed by atoms with Crippen LogP contribution in [0.5, 0.6) is 5.75 Å². The average Bonchev–Trinajstić information content (AvgIpc) is 2.63. The molecule has 0 radical (unpaired) electrons. The van der Waals surface area contributed by atoms with E-state index in [1.54, 1.807) is 6.07 Å². The summed E-state index contributed by atoms with van der Waals surface area (Å²) < 4.78 is 38.6. The van der Waals surface area contributed by atoms with Crippen molar-refractivity contribution in [3.05, 3.63) is 63.7 Å². The second kappa shape index (κ2) is 7.43. The zero-order valence-electron chi connectivity index (χ0n) is 14.3. The van der Waals surface area contributed by atoms with Gasteiger partial charge in [0.2, 0.25) is 0 Å². The molecular formula is C18H18F3N3O3. The van der Waals surface area contributed by atoms with Crippen LogP contribution in [0.15, 0.2) is 42.5 Å². The summed E-state index contributed by atoms with van der Waals surface area (Å²) in [7, 11) is 0. The van der Waals surface area contributed by atoms with Crippen LogP contribution in [0, 0.1) is 10.1 Å². The van der Waals surface area contributed by atoms with E-state index in [1.165, 1.54) is 24.3 Å². The molecule has 0 aromatic heterocycles. The van der Waals surface area contributed by atoms with Gasteiger partial charge >= 0.3 is 6.18 Å². The third kappa shape index (κ3) is 4.48. The van der Waals surface area contributed by atoms with Crippen molar-refractivity contribution >= 4 is 11.4 Å². The van der Waals surface area contributed by atoms with Crippen LogP contribution in [0.3, 0.4) is 0 Å². The number of non-ortho nitro benzene ring substituents is 1. The number of rotatable bonds is 4. The Morgan fingerprint density at radius 2 is 1.78 bits per heavy atom. The lowest BCUT2D eigenvalue weighted by Crippen LogP contribution is -2.46. The number of alkyl halides is 3. The van der Waals surface area contributed by atoms with E-state index in [9.17, 15) is 28.4 Å². The lowest BCUT2D eigenvalue weighted by molar-refractivity contribution is -0.385. The third-order valence-electron chi connectivity index (χ3n) is 4.58. The number of anilines is 1. The number of phenolic OH excluding ortho intramolecular Hbond substituents is 1. The highest BCUT2D eigenvalue weighted by molar-refractivity contribution is 5.50. The van der Waals surface area contributed by atoms with Crippen molar-refractivity contribution in [1.29, 1.82) is 0 Å². The molecule has 1 saturated heterocycles. The van der Waals surface area contributed by atoms with E-state index < -0.39 is 16.7 Å². The van der Waals surface area contributed by atoms with Crippen molar-refractivity contribution in [3.63, 3.8) is 0 Å². The van der Waals surface area contributed by atoms with Crippen LogP contribution in [0.4, 0.5) is 24.5 Å². The molecule has 1 aliphatic rings. The minimum atomic E-state index is -4.38. The van der Waals surface area contributed by atoms with Crippen LogP contribution in [-0.4, -0.2) is 41.1 Å². The van der Waals surface area contributed by atoms with Crippen LogP contribution in [-0.2, 0) is 12.7 Å². The summed E-state index contributed by atoms with van der Waals surface area (Å²) in [6.45, 7) is 2.52. The lowest BCUT2D eigenvalue weighted by atomic mass is 10.1. The molecule has 0 bridgehead atoms. The fourth-order valence-corrected chi connectivity index (χ4v) is 3.10. The number of nitrogens with zero attached hydrogens (tertiary/aromatic N) is 3. The number of hydrogen-bond acceptors (Lipinski definition) is 5. The van der Waals surface area contributed by atoms with Crippen LogP contribution >= 0.6 is 0 Å². The average molecular weight is 381 g/mol. The number of nitro benzene ring substituents is 1. The van der Waals surface area contributed by atoms with E-state index in [0.29, 0.717) is 44.0 Å². The fraction of sp³-hybridized carbons (Fsp3) is 0.333. The largest absolute Gasteiger partial charge is 0.508 e. The monoisotopic (exact) mass is 381 g/mol. The lowest BCUT2D eigenvalue weighted by Gasteiger charge is -2.36. The topological polar surface area (TPSA) is 69.8 Å². The molecule has 3 rings (SSSR count). The molecule has 1 aliphatic heterocycles. The minimum Gasteiger partial charge on any atom is -0.508 e. The molecule has 0 aliphatic carbocycles. The Bertz CT molecular complexity index is 834. The van der Waals surface area contributed by atoms with Crippen molar-refractivity contribution in [2.75, 3.05) is 31.1 Å². The summed E-state index contributed by atoms with van der Waals surface area (Å²) in [5.74, 6) is -0.0130. The normalized spacial score (nSPS) is 15.7. The van der Waals surface area contributed by atoms with E-state index in [2.05, 4.69) is 0 Å². The Labute approximate surface area is 153 Å². The quantitative estimate of drug-likeness (QED) is 0.647. The summed E-state index contributed by atoms with van der Waals surface area (Å²) in [4.78, 5) is 14.2. The molecule has 0 amide bonds. The van der Waals surface area contributed by atoms with Crippen molar-refractivity contribution in [3.8, 4) is 5.75 Å². The first-order chi connectivity index (χ1) is 12.7. The summed E-state index contributed by atoms with van der Waals surface area (Å²) in [5, 5.41) is 20.8. The maximum Gasteiger partial charge on any atom is 0.416 e. The van der Waals surface area contributed by atoms with Gasteiger partial charge in [0.15, 0.2) is 0 Å². The van der Waals surface area contributed by atoms with E-state index in [4.69, 9.17) is 0 Å². The number of halogens is 3. The van der Waals surface area contributed by atoms with Gasteiger partial charge in [-0.2, -0.15) is 13.2 Å². The number of phenols is 1. The molecule has 27 heavy (non-hydrogen) atoms. The van der Waals surface area contributed by atoms with Crippen LogP contribution < -0.4 is 4.90 Å². The van der Waals surface area contributed by atoms with Crippen molar-refractivity contribution in [2.45, 2.75) is 12.7 Å². The zero-order valence-corrected chi connectivity index (χ0v) is 14.3. The summed E-state index contributed by atoms with van der Waals surface area (Å²) in [6, 6.07) is 9.11. The van der Waals surface area contributed by atoms with Gasteiger partial charge in [0.25, 0.3) is 5.69 Å². The molecule has 0 unspecified atom stereocenters. The van der Waals surface area contributed by atoms with Gasteiger partial charge in [0, 0.05) is 56.1 Å². The van der Waals surface area contributed by atoms with Gasteiger partial charge in [0.1, 0.15) is 5.75 Å². The first-order valence-corrected chi connectivity index (χ1v) is 8.35. The summed E-state index contributed by atoms with van der Waals surface area (Å²) in [6.07, 6.45) is -4.38. The second-order valence-electron chi connectivity index (χ2n) is 6.38.